The number of hydrogen-bond donors (Lipinski definition) is 1. The van der Waals surface area contributed by atoms with E-state index in [9.17, 15) is 18.8 Å². The number of likely N-dealkylation sites (tertiary alicyclic amines) is 1. The molecular weight excluding hydrogens is 720 g/mol. The van der Waals surface area contributed by atoms with Crippen molar-refractivity contribution in [3.63, 3.8) is 0 Å². The van der Waals surface area contributed by atoms with Crippen LogP contribution < -0.4 is 32.4 Å². The van der Waals surface area contributed by atoms with Gasteiger partial charge < -0.3 is 37.1 Å². The third-order valence-corrected chi connectivity index (χ3v) is 10.5. The third-order valence-electron chi connectivity index (χ3n) is 10.5. The van der Waals surface area contributed by atoms with E-state index in [2.05, 4.69) is 9.88 Å². The molecule has 7 rings (SSSR count). The van der Waals surface area contributed by atoms with Crippen molar-refractivity contribution in [1.82, 2.24) is 9.88 Å². The van der Waals surface area contributed by atoms with Gasteiger partial charge in [-0.3, -0.25) is 24.3 Å². The maximum atomic E-state index is 15.4. The lowest BCUT2D eigenvalue weighted by atomic mass is 9.88. The summed E-state index contributed by atoms with van der Waals surface area (Å²) in [4.78, 5) is 44.8. The number of nitrogens with zero attached hydrogens (tertiary/aromatic N) is 2. The van der Waals surface area contributed by atoms with Crippen LogP contribution in [-0.4, -0.2) is 73.4 Å². The number of ketones is 2. The monoisotopic (exact) mass is 764 g/mol. The lowest BCUT2D eigenvalue weighted by Gasteiger charge is -2.17. The number of hydrogen-bond acceptors (Lipinski definition) is 10. The Balaban J connectivity index is 0.00000280. The molecule has 13 heteroatoms. The molecule has 1 aromatic heterocycles. The summed E-state index contributed by atoms with van der Waals surface area (Å²) >= 11 is 0. The Morgan fingerprint density at radius 2 is 1.59 bits per heavy atom. The zero-order valence-electron chi connectivity index (χ0n) is 29.4. The molecule has 3 aromatic carbocycles. The van der Waals surface area contributed by atoms with Crippen molar-refractivity contribution in [2.45, 2.75) is 58.5 Å². The number of nitrogens with two attached hydrogens (primary N) is 1. The first-order chi connectivity index (χ1) is 25.1. The number of halogens is 3. The van der Waals surface area contributed by atoms with Crippen molar-refractivity contribution < 1.29 is 54.5 Å². The molecule has 0 amide bonds. The van der Waals surface area contributed by atoms with Gasteiger partial charge in [0.05, 0.1) is 31.2 Å². The molecule has 1 spiro atoms. The maximum Gasteiger partial charge on any atom is 0.320 e. The van der Waals surface area contributed by atoms with E-state index in [1.165, 1.54) is 31.4 Å². The molecule has 3 aliphatic rings. The van der Waals surface area contributed by atoms with Crippen molar-refractivity contribution in [1.29, 1.82) is 0 Å². The quantitative estimate of drug-likeness (QED) is 0.103. The van der Waals surface area contributed by atoms with E-state index in [-0.39, 0.29) is 74.0 Å². The first-order valence-corrected chi connectivity index (χ1v) is 17.6. The molecule has 2 saturated carbocycles. The lowest BCUT2D eigenvalue weighted by Crippen LogP contribution is -3.00. The molecule has 54 heavy (non-hydrogen) atoms. The van der Waals surface area contributed by atoms with Crippen LogP contribution in [-0.2, 0) is 32.0 Å². The van der Waals surface area contributed by atoms with Crippen LogP contribution in [0, 0.1) is 22.5 Å². The second-order valence-electron chi connectivity index (χ2n) is 14.1. The molecule has 2 aliphatic carbocycles. The van der Waals surface area contributed by atoms with E-state index in [1.807, 2.05) is 0 Å². The van der Waals surface area contributed by atoms with Crippen LogP contribution in [0.15, 0.2) is 66.9 Å². The van der Waals surface area contributed by atoms with Gasteiger partial charge in [0, 0.05) is 55.5 Å². The van der Waals surface area contributed by atoms with Gasteiger partial charge in [0.15, 0.2) is 34.6 Å². The highest BCUT2D eigenvalue weighted by molar-refractivity contribution is 6.11. The minimum atomic E-state index is -1.07. The topological polar surface area (TPSA) is 130 Å². The summed E-state index contributed by atoms with van der Waals surface area (Å²) < 4.78 is 52.0. The summed E-state index contributed by atoms with van der Waals surface area (Å²) in [6.45, 7) is 2.70. The van der Waals surface area contributed by atoms with Crippen molar-refractivity contribution >= 4 is 28.4 Å². The molecule has 0 bridgehead atoms. The predicted octanol–water partition coefficient (Wildman–Crippen LogP) is 3.39. The summed E-state index contributed by atoms with van der Waals surface area (Å²) in [6.07, 6.45) is 5.18. The van der Waals surface area contributed by atoms with Crippen LogP contribution in [0.2, 0.25) is 0 Å². The molecule has 1 unspecified atom stereocenters. The molecule has 3 fully saturated rings. The normalized spacial score (nSPS) is 17.6. The lowest BCUT2D eigenvalue weighted by molar-refractivity contribution is -0.149. The molecular formula is C41H45ClF2N3O7-. The van der Waals surface area contributed by atoms with Crippen molar-refractivity contribution in [2.75, 3.05) is 39.9 Å². The van der Waals surface area contributed by atoms with Crippen LogP contribution in [0.3, 0.4) is 0 Å². The van der Waals surface area contributed by atoms with Gasteiger partial charge in [-0.15, -0.1) is 0 Å². The number of rotatable bonds is 16. The molecule has 1 atom stereocenters. The number of carbonyl (C=O) groups excluding carboxylic acids is 3. The van der Waals surface area contributed by atoms with Gasteiger partial charge in [0.1, 0.15) is 17.7 Å². The maximum absolute atomic E-state index is 15.4. The smallest absolute Gasteiger partial charge is 0.320 e. The Kier molecular flexibility index (Phi) is 12.6. The second-order valence-corrected chi connectivity index (χ2v) is 14.1. The fourth-order valence-corrected chi connectivity index (χ4v) is 7.19. The predicted molar refractivity (Wildman–Crippen MR) is 194 cm³/mol. The number of pyridine rings is 1. The Morgan fingerprint density at radius 3 is 2.24 bits per heavy atom. The van der Waals surface area contributed by atoms with Crippen LogP contribution >= 0.6 is 0 Å². The first kappa shape index (κ1) is 40.5. The van der Waals surface area contributed by atoms with Gasteiger partial charge in [-0.25, -0.2) is 8.78 Å². The molecule has 288 valence electrons. The van der Waals surface area contributed by atoms with Gasteiger partial charge in [0.2, 0.25) is 0 Å². The molecule has 1 saturated heterocycles. The Morgan fingerprint density at radius 1 is 0.889 bits per heavy atom. The average molecular weight is 765 g/mol. The Bertz CT molecular complexity index is 2000. The molecule has 4 aromatic rings. The highest BCUT2D eigenvalue weighted by atomic mass is 35.5. The van der Waals surface area contributed by atoms with Crippen LogP contribution in [0.25, 0.3) is 10.9 Å². The number of carbonyl (C=O) groups is 3. The van der Waals surface area contributed by atoms with E-state index < -0.39 is 17.0 Å². The van der Waals surface area contributed by atoms with E-state index in [0.717, 1.165) is 32.4 Å². The van der Waals surface area contributed by atoms with Crippen LogP contribution in [0.1, 0.15) is 50.7 Å². The van der Waals surface area contributed by atoms with Gasteiger partial charge in [-0.05, 0) is 79.6 Å². The van der Waals surface area contributed by atoms with Crippen LogP contribution in [0.5, 0.6) is 23.0 Å². The number of fused-ring (bicyclic) bond motifs is 1. The largest absolute Gasteiger partial charge is 1.00 e. The minimum Gasteiger partial charge on any atom is -1.00 e. The molecule has 2 N–H and O–H groups in total. The fraction of sp³-hybridized carbons (Fsp3) is 0.415. The van der Waals surface area contributed by atoms with Crippen molar-refractivity contribution in [3.05, 3.63) is 89.6 Å². The van der Waals surface area contributed by atoms with Crippen molar-refractivity contribution in [2.24, 2.45) is 16.6 Å². The highest BCUT2D eigenvalue weighted by Crippen LogP contribution is 2.54. The summed E-state index contributed by atoms with van der Waals surface area (Å²) in [5.74, 6) is -0.559. The van der Waals surface area contributed by atoms with Gasteiger partial charge >= 0.3 is 5.97 Å². The van der Waals surface area contributed by atoms with E-state index in [0.29, 0.717) is 65.3 Å². The summed E-state index contributed by atoms with van der Waals surface area (Å²) in [6, 6.07) is 15.1. The number of esters is 1. The van der Waals surface area contributed by atoms with E-state index in [4.69, 9.17) is 24.7 Å². The highest BCUT2D eigenvalue weighted by Gasteiger charge is 2.57. The average Bonchev–Trinajstić information content (AvgIpc) is 4.07. The third kappa shape index (κ3) is 8.66. The number of ether oxygens (including phenoxy) is 4. The second kappa shape index (κ2) is 16.8. The van der Waals surface area contributed by atoms with Gasteiger partial charge in [0.25, 0.3) is 0 Å². The summed E-state index contributed by atoms with van der Waals surface area (Å²) in [5.41, 5.74) is 6.09. The number of Topliss-reactive ketones (excluding diaryl/α,β-unsaturated/α-hetero) is 2. The molecule has 10 nitrogen and oxygen atoms in total. The molecule has 1 aliphatic heterocycles. The number of methoxy groups -OCH3 is 1. The molecule has 2 heterocycles. The zero-order valence-corrected chi connectivity index (χ0v) is 30.1. The summed E-state index contributed by atoms with van der Waals surface area (Å²) in [5, 5.41) is 0.588. The zero-order chi connectivity index (χ0) is 36.5. The van der Waals surface area contributed by atoms with Gasteiger partial charge in [-0.1, -0.05) is 25.6 Å². The first-order valence-electron chi connectivity index (χ1n) is 17.6. The standard InChI is InChI=1S/C40H41F2N3O7.CH4.ClH/c1-49-33-20-28-30(21-34(33)50-16-2-15-45-23-37(52-38(48)22-43)39(24-45)10-11-39)44-14-9-31(28)51-32-8-5-26(17-29(32)42)19-36(47)40(12-13-40)35(46)18-25-3-6-27(41)7-4-25;;/h3-9,14,17,20-21,37H,2,10-13,15-16,18-19,22-24,43H2,1H3;1H4;1H/p-1. The van der Waals surface area contributed by atoms with E-state index >= 15 is 4.39 Å². The van der Waals surface area contributed by atoms with Gasteiger partial charge in [-0.2, -0.15) is 0 Å². The van der Waals surface area contributed by atoms with E-state index in [1.54, 1.807) is 42.6 Å². The van der Waals surface area contributed by atoms with Crippen LogP contribution in [0.4, 0.5) is 8.78 Å². The fourth-order valence-electron chi connectivity index (χ4n) is 7.19. The summed E-state index contributed by atoms with van der Waals surface area (Å²) in [7, 11) is 1.54. The van der Waals surface area contributed by atoms with Crippen molar-refractivity contribution in [3.8, 4) is 23.0 Å². The minimum absolute atomic E-state index is 0. The number of benzene rings is 3. The Hall–Kier alpha value is -4.65. The Labute approximate surface area is 319 Å². The molecule has 0 radical (unpaired) electrons. The SMILES string of the molecule is C.COc1cc2c(Oc3ccc(CC(=O)C4(C(=O)Cc5ccc(F)cc5)CC4)cc3F)ccnc2cc1OCCCN1CC(OC(=O)CN)C2(CC2)C1.[Cl-]. The number of aromatic nitrogens is 1.